The molecule has 15 heavy (non-hydrogen) atoms. The van der Waals surface area contributed by atoms with Gasteiger partial charge in [0.2, 0.25) is 0 Å². The highest BCUT2D eigenvalue weighted by Crippen LogP contribution is 2.07. The van der Waals surface area contributed by atoms with E-state index in [0.717, 1.165) is 18.3 Å². The summed E-state index contributed by atoms with van der Waals surface area (Å²) in [5.41, 5.74) is 0. The Labute approximate surface area is 99.4 Å². The van der Waals surface area contributed by atoms with E-state index < -0.39 is 0 Å². The quantitative estimate of drug-likeness (QED) is 0.678. The fourth-order valence-electron chi connectivity index (χ4n) is 2.20. The van der Waals surface area contributed by atoms with E-state index in [1.807, 2.05) is 0 Å². The van der Waals surface area contributed by atoms with Gasteiger partial charge >= 0.3 is 0 Å². The summed E-state index contributed by atoms with van der Waals surface area (Å²) >= 11 is 5.93. The first-order valence-electron chi connectivity index (χ1n) is 6.24. The second-order valence-electron chi connectivity index (χ2n) is 4.98. The third-order valence-electron chi connectivity index (χ3n) is 3.00. The summed E-state index contributed by atoms with van der Waals surface area (Å²) < 4.78 is 0. The van der Waals surface area contributed by atoms with Crippen molar-refractivity contribution in [2.24, 2.45) is 5.92 Å². The van der Waals surface area contributed by atoms with Gasteiger partial charge in [-0.2, -0.15) is 0 Å². The molecule has 0 spiro atoms. The summed E-state index contributed by atoms with van der Waals surface area (Å²) in [6.07, 6.45) is 3.94. The molecule has 1 fully saturated rings. The zero-order valence-corrected chi connectivity index (χ0v) is 10.9. The minimum atomic E-state index is 0.495. The maximum Gasteiger partial charge on any atom is 0.0377 e. The standard InChI is InChI=1S/C12H25ClN2/c1-11(2)9-12(10-13)14-5-8-15-6-3-4-7-15/h11-12,14H,3-10H2,1-2H3. The topological polar surface area (TPSA) is 15.3 Å². The normalized spacial score (nSPS) is 20.0. The van der Waals surface area contributed by atoms with E-state index in [0.29, 0.717) is 6.04 Å². The molecule has 3 heteroatoms. The van der Waals surface area contributed by atoms with Gasteiger partial charge in [-0.1, -0.05) is 13.8 Å². The highest BCUT2D eigenvalue weighted by Gasteiger charge is 2.12. The average molecular weight is 233 g/mol. The van der Waals surface area contributed by atoms with Crippen molar-refractivity contribution < 1.29 is 0 Å². The number of hydrogen-bond acceptors (Lipinski definition) is 2. The van der Waals surface area contributed by atoms with E-state index in [1.165, 1.54) is 38.9 Å². The van der Waals surface area contributed by atoms with Crippen LogP contribution in [0.4, 0.5) is 0 Å². The molecule has 0 aromatic rings. The van der Waals surface area contributed by atoms with Crippen molar-refractivity contribution in [1.29, 1.82) is 0 Å². The minimum absolute atomic E-state index is 0.495. The molecule has 0 bridgehead atoms. The van der Waals surface area contributed by atoms with Crippen molar-refractivity contribution in [2.45, 2.75) is 39.2 Å². The van der Waals surface area contributed by atoms with Crippen molar-refractivity contribution in [2.75, 3.05) is 32.1 Å². The molecule has 90 valence electrons. The fourth-order valence-corrected chi connectivity index (χ4v) is 2.44. The first-order chi connectivity index (χ1) is 7.22. The van der Waals surface area contributed by atoms with E-state index in [-0.39, 0.29) is 0 Å². The molecule has 1 rings (SSSR count). The second kappa shape index (κ2) is 7.48. The minimum Gasteiger partial charge on any atom is -0.312 e. The van der Waals surface area contributed by atoms with Crippen LogP contribution in [0, 0.1) is 5.92 Å². The van der Waals surface area contributed by atoms with Gasteiger partial charge in [-0.25, -0.2) is 0 Å². The molecule has 0 radical (unpaired) electrons. The summed E-state index contributed by atoms with van der Waals surface area (Å²) in [6.45, 7) is 9.35. The molecule has 0 aliphatic carbocycles. The lowest BCUT2D eigenvalue weighted by Crippen LogP contribution is -2.38. The second-order valence-corrected chi connectivity index (χ2v) is 5.29. The van der Waals surface area contributed by atoms with Gasteiger partial charge < -0.3 is 10.2 Å². The SMILES string of the molecule is CC(C)CC(CCl)NCCN1CCCC1. The smallest absolute Gasteiger partial charge is 0.0377 e. The van der Waals surface area contributed by atoms with Gasteiger partial charge in [0.05, 0.1) is 0 Å². The van der Waals surface area contributed by atoms with Crippen LogP contribution < -0.4 is 5.32 Å². The van der Waals surface area contributed by atoms with E-state index in [1.54, 1.807) is 0 Å². The molecule has 0 aromatic carbocycles. The molecule has 1 aliphatic rings. The van der Waals surface area contributed by atoms with E-state index >= 15 is 0 Å². The summed E-state index contributed by atoms with van der Waals surface area (Å²) in [7, 11) is 0. The number of nitrogens with zero attached hydrogens (tertiary/aromatic N) is 1. The molecular weight excluding hydrogens is 208 g/mol. The Morgan fingerprint density at radius 3 is 2.47 bits per heavy atom. The van der Waals surface area contributed by atoms with Crippen LogP contribution in [0.5, 0.6) is 0 Å². The Morgan fingerprint density at radius 2 is 1.93 bits per heavy atom. The molecule has 1 unspecified atom stereocenters. The monoisotopic (exact) mass is 232 g/mol. The van der Waals surface area contributed by atoms with E-state index in [4.69, 9.17) is 11.6 Å². The van der Waals surface area contributed by atoms with Crippen molar-refractivity contribution >= 4 is 11.6 Å². The number of likely N-dealkylation sites (tertiary alicyclic amines) is 1. The van der Waals surface area contributed by atoms with E-state index in [2.05, 4.69) is 24.1 Å². The van der Waals surface area contributed by atoms with E-state index in [9.17, 15) is 0 Å². The summed E-state index contributed by atoms with van der Waals surface area (Å²) in [5.74, 6) is 1.46. The Morgan fingerprint density at radius 1 is 1.27 bits per heavy atom. The maximum atomic E-state index is 5.93. The fraction of sp³-hybridized carbons (Fsp3) is 1.00. The lowest BCUT2D eigenvalue weighted by atomic mass is 10.1. The maximum absolute atomic E-state index is 5.93. The number of alkyl halides is 1. The molecule has 0 saturated carbocycles. The lowest BCUT2D eigenvalue weighted by molar-refractivity contribution is 0.323. The molecule has 0 aromatic heterocycles. The van der Waals surface area contributed by atoms with Crippen LogP contribution in [-0.4, -0.2) is 43.0 Å². The first kappa shape index (κ1) is 13.3. The number of halogens is 1. The van der Waals surface area contributed by atoms with Gasteiger partial charge in [0, 0.05) is 25.0 Å². The summed E-state index contributed by atoms with van der Waals surface area (Å²) in [5, 5.41) is 3.55. The Bertz CT molecular complexity index is 156. The largest absolute Gasteiger partial charge is 0.312 e. The van der Waals surface area contributed by atoms with Gasteiger partial charge in [0.25, 0.3) is 0 Å². The van der Waals surface area contributed by atoms with Crippen LogP contribution in [-0.2, 0) is 0 Å². The highest BCUT2D eigenvalue weighted by molar-refractivity contribution is 6.18. The lowest BCUT2D eigenvalue weighted by Gasteiger charge is -2.20. The number of hydrogen-bond donors (Lipinski definition) is 1. The van der Waals surface area contributed by atoms with Gasteiger partial charge in [-0.3, -0.25) is 0 Å². The van der Waals surface area contributed by atoms with Gasteiger partial charge in [-0.15, -0.1) is 11.6 Å². The van der Waals surface area contributed by atoms with Gasteiger partial charge in [0.1, 0.15) is 0 Å². The van der Waals surface area contributed by atoms with Gasteiger partial charge in [-0.05, 0) is 38.3 Å². The Hall–Kier alpha value is 0.210. The molecule has 1 aliphatic heterocycles. The van der Waals surface area contributed by atoms with Crippen LogP contribution in [0.2, 0.25) is 0 Å². The van der Waals surface area contributed by atoms with Crippen LogP contribution in [0.15, 0.2) is 0 Å². The Kier molecular flexibility index (Phi) is 6.62. The summed E-state index contributed by atoms with van der Waals surface area (Å²) in [6, 6.07) is 0.495. The summed E-state index contributed by atoms with van der Waals surface area (Å²) in [4.78, 5) is 2.54. The molecule has 1 saturated heterocycles. The first-order valence-corrected chi connectivity index (χ1v) is 6.77. The van der Waals surface area contributed by atoms with Crippen molar-refractivity contribution in [3.8, 4) is 0 Å². The predicted octanol–water partition coefficient (Wildman–Crippen LogP) is 2.33. The van der Waals surface area contributed by atoms with Crippen molar-refractivity contribution in [3.05, 3.63) is 0 Å². The van der Waals surface area contributed by atoms with Crippen LogP contribution in [0.25, 0.3) is 0 Å². The zero-order chi connectivity index (χ0) is 11.1. The number of nitrogens with one attached hydrogen (secondary N) is 1. The molecule has 1 N–H and O–H groups in total. The zero-order valence-electron chi connectivity index (χ0n) is 10.1. The Balaban J connectivity index is 2.05. The average Bonchev–Trinajstić information content (AvgIpc) is 2.68. The molecular formula is C12H25ClN2. The molecule has 1 atom stereocenters. The van der Waals surface area contributed by atoms with Gasteiger partial charge in [0.15, 0.2) is 0 Å². The molecule has 1 heterocycles. The highest BCUT2D eigenvalue weighted by atomic mass is 35.5. The third-order valence-corrected chi connectivity index (χ3v) is 3.37. The third kappa shape index (κ3) is 5.74. The van der Waals surface area contributed by atoms with Crippen molar-refractivity contribution in [1.82, 2.24) is 10.2 Å². The van der Waals surface area contributed by atoms with Crippen LogP contribution in [0.1, 0.15) is 33.1 Å². The molecule has 2 nitrogen and oxygen atoms in total. The van der Waals surface area contributed by atoms with Crippen LogP contribution >= 0.6 is 11.6 Å². The van der Waals surface area contributed by atoms with Crippen LogP contribution in [0.3, 0.4) is 0 Å². The molecule has 0 amide bonds. The number of rotatable bonds is 7. The predicted molar refractivity (Wildman–Crippen MR) is 67.6 cm³/mol. The van der Waals surface area contributed by atoms with Crippen molar-refractivity contribution in [3.63, 3.8) is 0 Å².